The summed E-state index contributed by atoms with van der Waals surface area (Å²) in [5, 5.41) is 0. The average Bonchev–Trinajstić information content (AvgIpc) is 3.04. The Labute approximate surface area is 122 Å². The molecular formula is C12H25IN4. The third-order valence-corrected chi connectivity index (χ3v) is 3.83. The van der Waals surface area contributed by atoms with Gasteiger partial charge in [-0.05, 0) is 38.8 Å². The fraction of sp³-hybridized carbons (Fsp3) is 0.917. The molecule has 1 unspecified atom stereocenters. The fourth-order valence-corrected chi connectivity index (χ4v) is 2.48. The van der Waals surface area contributed by atoms with Crippen molar-refractivity contribution in [3.63, 3.8) is 0 Å². The minimum Gasteiger partial charge on any atom is -0.370 e. The second-order valence-electron chi connectivity index (χ2n) is 4.97. The number of hydrogen-bond donors (Lipinski definition) is 1. The van der Waals surface area contributed by atoms with Crippen LogP contribution in [-0.4, -0.2) is 54.5 Å². The SMILES string of the molecule is CCN1CCCC1CN=C(N)N(C)C1CC1.I. The predicted molar refractivity (Wildman–Crippen MR) is 83.0 cm³/mol. The number of nitrogens with two attached hydrogens (primary N) is 1. The summed E-state index contributed by atoms with van der Waals surface area (Å²) < 4.78 is 0. The maximum absolute atomic E-state index is 5.98. The van der Waals surface area contributed by atoms with Crippen LogP contribution in [-0.2, 0) is 0 Å². The zero-order chi connectivity index (χ0) is 11.5. The van der Waals surface area contributed by atoms with Gasteiger partial charge >= 0.3 is 0 Å². The molecule has 0 radical (unpaired) electrons. The van der Waals surface area contributed by atoms with Crippen LogP contribution in [0.4, 0.5) is 0 Å². The number of likely N-dealkylation sites (tertiary alicyclic amines) is 1. The van der Waals surface area contributed by atoms with Crippen LogP contribution in [0, 0.1) is 0 Å². The second-order valence-corrected chi connectivity index (χ2v) is 4.97. The van der Waals surface area contributed by atoms with E-state index in [0.717, 1.165) is 19.0 Å². The van der Waals surface area contributed by atoms with Crippen molar-refractivity contribution in [3.05, 3.63) is 0 Å². The van der Waals surface area contributed by atoms with E-state index >= 15 is 0 Å². The van der Waals surface area contributed by atoms with Crippen molar-refractivity contribution in [1.82, 2.24) is 9.80 Å². The first kappa shape index (κ1) is 15.0. The molecule has 100 valence electrons. The number of hydrogen-bond acceptors (Lipinski definition) is 2. The Balaban J connectivity index is 0.00000144. The number of aliphatic imine (C=N–C) groups is 1. The van der Waals surface area contributed by atoms with Crippen LogP contribution in [0.15, 0.2) is 4.99 Å². The summed E-state index contributed by atoms with van der Waals surface area (Å²) in [6.07, 6.45) is 5.14. The molecule has 0 bridgehead atoms. The maximum Gasteiger partial charge on any atom is 0.191 e. The quantitative estimate of drug-likeness (QED) is 0.474. The molecule has 5 heteroatoms. The molecule has 1 saturated carbocycles. The summed E-state index contributed by atoms with van der Waals surface area (Å²) in [5.74, 6) is 0.727. The van der Waals surface area contributed by atoms with Crippen molar-refractivity contribution in [2.45, 2.75) is 44.7 Å². The van der Waals surface area contributed by atoms with Gasteiger partial charge in [0, 0.05) is 19.1 Å². The van der Waals surface area contributed by atoms with Gasteiger partial charge in [0.2, 0.25) is 0 Å². The minimum absolute atomic E-state index is 0. The van der Waals surface area contributed by atoms with E-state index in [9.17, 15) is 0 Å². The van der Waals surface area contributed by atoms with Crippen LogP contribution in [0.3, 0.4) is 0 Å². The van der Waals surface area contributed by atoms with Crippen molar-refractivity contribution < 1.29 is 0 Å². The molecule has 2 N–H and O–H groups in total. The molecule has 0 aromatic carbocycles. The molecule has 1 saturated heterocycles. The van der Waals surface area contributed by atoms with Gasteiger partial charge in [-0.3, -0.25) is 9.89 Å². The number of nitrogens with zero attached hydrogens (tertiary/aromatic N) is 3. The lowest BCUT2D eigenvalue weighted by Gasteiger charge is -2.22. The molecule has 1 aliphatic carbocycles. The highest BCUT2D eigenvalue weighted by molar-refractivity contribution is 14.0. The Kier molecular flexibility index (Phi) is 5.99. The lowest BCUT2D eigenvalue weighted by molar-refractivity contribution is 0.272. The zero-order valence-corrected chi connectivity index (χ0v) is 13.3. The van der Waals surface area contributed by atoms with Crippen molar-refractivity contribution >= 4 is 29.9 Å². The lowest BCUT2D eigenvalue weighted by atomic mass is 10.2. The van der Waals surface area contributed by atoms with E-state index in [2.05, 4.69) is 28.8 Å². The van der Waals surface area contributed by atoms with Gasteiger partial charge in [0.25, 0.3) is 0 Å². The highest BCUT2D eigenvalue weighted by Gasteiger charge is 2.28. The van der Waals surface area contributed by atoms with Gasteiger partial charge in [0.1, 0.15) is 0 Å². The van der Waals surface area contributed by atoms with Crippen molar-refractivity contribution in [2.24, 2.45) is 10.7 Å². The first-order valence-corrected chi connectivity index (χ1v) is 6.49. The Morgan fingerprint density at radius 1 is 1.41 bits per heavy atom. The minimum atomic E-state index is 0. The molecular weight excluding hydrogens is 327 g/mol. The molecule has 17 heavy (non-hydrogen) atoms. The van der Waals surface area contributed by atoms with Crippen LogP contribution in [0.25, 0.3) is 0 Å². The van der Waals surface area contributed by atoms with Crippen molar-refractivity contribution in [2.75, 3.05) is 26.7 Å². The van der Waals surface area contributed by atoms with Gasteiger partial charge in [-0.25, -0.2) is 0 Å². The monoisotopic (exact) mass is 352 g/mol. The smallest absolute Gasteiger partial charge is 0.191 e. The zero-order valence-electron chi connectivity index (χ0n) is 10.9. The van der Waals surface area contributed by atoms with Crippen molar-refractivity contribution in [3.8, 4) is 0 Å². The molecule has 1 atom stereocenters. The standard InChI is InChI=1S/C12H24N4.HI/c1-3-16-8-4-5-11(16)9-14-12(13)15(2)10-6-7-10;/h10-11H,3-9H2,1-2H3,(H2,13,14);1H. The molecule has 2 rings (SSSR count). The van der Waals surface area contributed by atoms with Gasteiger partial charge in [-0.15, -0.1) is 24.0 Å². The number of halogens is 1. The van der Waals surface area contributed by atoms with E-state index in [0.29, 0.717) is 12.1 Å². The summed E-state index contributed by atoms with van der Waals surface area (Å²) in [4.78, 5) is 9.18. The molecule has 0 spiro atoms. The first-order valence-electron chi connectivity index (χ1n) is 6.49. The molecule has 0 aromatic heterocycles. The first-order chi connectivity index (χ1) is 7.72. The number of guanidine groups is 1. The Hall–Kier alpha value is -0.0400. The third kappa shape index (κ3) is 3.98. The Bertz CT molecular complexity index is 265. The highest BCUT2D eigenvalue weighted by Crippen LogP contribution is 2.25. The van der Waals surface area contributed by atoms with E-state index in [1.807, 2.05) is 0 Å². The number of likely N-dealkylation sites (N-methyl/N-ethyl adjacent to an activating group) is 1. The van der Waals surface area contributed by atoms with Crippen LogP contribution in [0.5, 0.6) is 0 Å². The summed E-state index contributed by atoms with van der Waals surface area (Å²) in [6.45, 7) is 5.46. The van der Waals surface area contributed by atoms with E-state index in [4.69, 9.17) is 5.73 Å². The summed E-state index contributed by atoms with van der Waals surface area (Å²) in [6, 6.07) is 1.28. The summed E-state index contributed by atoms with van der Waals surface area (Å²) >= 11 is 0. The molecule has 0 aromatic rings. The van der Waals surface area contributed by atoms with Crippen LogP contribution < -0.4 is 5.73 Å². The maximum atomic E-state index is 5.98. The molecule has 1 aliphatic heterocycles. The van der Waals surface area contributed by atoms with E-state index in [1.54, 1.807) is 0 Å². The third-order valence-electron chi connectivity index (χ3n) is 3.83. The Morgan fingerprint density at radius 2 is 2.12 bits per heavy atom. The van der Waals surface area contributed by atoms with Gasteiger partial charge in [0.15, 0.2) is 5.96 Å². The van der Waals surface area contributed by atoms with Gasteiger partial charge < -0.3 is 10.6 Å². The molecule has 0 amide bonds. The fourth-order valence-electron chi connectivity index (χ4n) is 2.48. The van der Waals surface area contributed by atoms with Crippen LogP contribution >= 0.6 is 24.0 Å². The molecule has 4 nitrogen and oxygen atoms in total. The lowest BCUT2D eigenvalue weighted by Crippen LogP contribution is -2.38. The van der Waals surface area contributed by atoms with E-state index in [-0.39, 0.29) is 24.0 Å². The predicted octanol–water partition coefficient (Wildman–Crippen LogP) is 1.50. The van der Waals surface area contributed by atoms with E-state index < -0.39 is 0 Å². The van der Waals surface area contributed by atoms with Gasteiger partial charge in [0.05, 0.1) is 6.54 Å². The topological polar surface area (TPSA) is 44.9 Å². The van der Waals surface area contributed by atoms with Crippen LogP contribution in [0.1, 0.15) is 32.6 Å². The normalized spacial score (nSPS) is 25.8. The van der Waals surface area contributed by atoms with Gasteiger partial charge in [-0.2, -0.15) is 0 Å². The van der Waals surface area contributed by atoms with Crippen LogP contribution in [0.2, 0.25) is 0 Å². The molecule has 1 heterocycles. The Morgan fingerprint density at radius 3 is 2.71 bits per heavy atom. The summed E-state index contributed by atoms with van der Waals surface area (Å²) in [5.41, 5.74) is 5.98. The highest BCUT2D eigenvalue weighted by atomic mass is 127. The molecule has 2 fully saturated rings. The average molecular weight is 352 g/mol. The van der Waals surface area contributed by atoms with Crippen molar-refractivity contribution in [1.29, 1.82) is 0 Å². The largest absolute Gasteiger partial charge is 0.370 e. The van der Waals surface area contributed by atoms with Gasteiger partial charge in [-0.1, -0.05) is 6.92 Å². The molecule has 2 aliphatic rings. The second kappa shape index (κ2) is 6.78. The van der Waals surface area contributed by atoms with E-state index in [1.165, 1.54) is 32.2 Å². The summed E-state index contributed by atoms with van der Waals surface area (Å²) in [7, 11) is 2.06. The number of rotatable bonds is 4.